The summed E-state index contributed by atoms with van der Waals surface area (Å²) in [5.41, 5.74) is 0. The second-order valence-corrected chi connectivity index (χ2v) is 4.13. The Morgan fingerprint density at radius 1 is 1.54 bits per heavy atom. The molecule has 0 amide bonds. The van der Waals surface area contributed by atoms with E-state index in [0.717, 1.165) is 12.3 Å². The zero-order chi connectivity index (χ0) is 9.68. The Morgan fingerprint density at radius 2 is 2.31 bits per heavy atom. The average molecular weight is 183 g/mol. The van der Waals surface area contributed by atoms with Crippen molar-refractivity contribution in [2.75, 3.05) is 33.7 Å². The molecule has 0 N–H and O–H groups in total. The Morgan fingerprint density at radius 3 is 2.85 bits per heavy atom. The number of hydrogen-bond acceptors (Lipinski definition) is 3. The van der Waals surface area contributed by atoms with Crippen LogP contribution in [0.5, 0.6) is 0 Å². The third-order valence-corrected chi connectivity index (χ3v) is 2.40. The molecule has 0 radical (unpaired) electrons. The number of rotatable bonds is 4. The molecule has 13 heavy (non-hydrogen) atoms. The van der Waals surface area contributed by atoms with Gasteiger partial charge in [0.15, 0.2) is 0 Å². The van der Waals surface area contributed by atoms with Gasteiger partial charge in [-0.25, -0.2) is 0 Å². The van der Waals surface area contributed by atoms with Crippen LogP contribution in [-0.4, -0.2) is 49.9 Å². The van der Waals surface area contributed by atoms with E-state index in [4.69, 9.17) is 0 Å². The Balaban J connectivity index is 2.06. The third kappa shape index (κ3) is 4.27. The number of hydrogen-bond donors (Lipinski definition) is 0. The molecule has 3 heteroatoms. The van der Waals surface area contributed by atoms with Crippen molar-refractivity contribution in [3.63, 3.8) is 0 Å². The van der Waals surface area contributed by atoms with Gasteiger partial charge in [0.2, 0.25) is 0 Å². The number of likely N-dealkylation sites (tertiary alicyclic amines) is 1. The molecule has 0 aromatic carbocycles. The topological polar surface area (TPSA) is 18.8 Å². The van der Waals surface area contributed by atoms with Gasteiger partial charge in [-0.2, -0.15) is 5.10 Å². The molecule has 1 aliphatic rings. The molecule has 1 rings (SSSR count). The van der Waals surface area contributed by atoms with Crippen molar-refractivity contribution in [3.8, 4) is 0 Å². The van der Waals surface area contributed by atoms with Gasteiger partial charge in [-0.15, -0.1) is 0 Å². The van der Waals surface area contributed by atoms with Crippen molar-refractivity contribution in [1.82, 2.24) is 9.91 Å². The molecule has 0 unspecified atom stereocenters. The van der Waals surface area contributed by atoms with Crippen LogP contribution in [0.1, 0.15) is 19.8 Å². The molecule has 1 atom stereocenters. The molecule has 1 fully saturated rings. The highest BCUT2D eigenvalue weighted by Crippen LogP contribution is 2.14. The lowest BCUT2D eigenvalue weighted by Crippen LogP contribution is -2.21. The second-order valence-electron chi connectivity index (χ2n) is 4.13. The molecular weight excluding hydrogens is 162 g/mol. The van der Waals surface area contributed by atoms with Crippen LogP contribution in [0.4, 0.5) is 0 Å². The van der Waals surface area contributed by atoms with Crippen LogP contribution in [0, 0.1) is 5.92 Å². The van der Waals surface area contributed by atoms with E-state index in [0.29, 0.717) is 0 Å². The van der Waals surface area contributed by atoms with Crippen molar-refractivity contribution in [3.05, 3.63) is 0 Å². The predicted octanol–water partition coefficient (Wildman–Crippen LogP) is 1.27. The first-order valence-corrected chi connectivity index (χ1v) is 5.10. The summed E-state index contributed by atoms with van der Waals surface area (Å²) in [5.74, 6) is 0.894. The molecular formula is C10H21N3. The van der Waals surface area contributed by atoms with Gasteiger partial charge in [0, 0.05) is 33.4 Å². The lowest BCUT2D eigenvalue weighted by molar-refractivity contribution is 0.337. The summed E-state index contributed by atoms with van der Waals surface area (Å²) in [6.07, 6.45) is 4.44. The van der Waals surface area contributed by atoms with E-state index in [2.05, 4.69) is 16.9 Å². The second kappa shape index (κ2) is 5.22. The molecule has 0 aromatic heterocycles. The summed E-state index contributed by atoms with van der Waals surface area (Å²) < 4.78 is 0. The first-order valence-electron chi connectivity index (χ1n) is 5.10. The monoisotopic (exact) mass is 183 g/mol. The SMILES string of the molecule is C[C@H]1CCN(CC/C=N\N(C)C)C1. The Labute approximate surface area is 81.4 Å². The lowest BCUT2D eigenvalue weighted by Gasteiger charge is -2.13. The summed E-state index contributed by atoms with van der Waals surface area (Å²) in [6, 6.07) is 0. The minimum atomic E-state index is 0.894. The van der Waals surface area contributed by atoms with E-state index in [-0.39, 0.29) is 0 Å². The molecule has 0 aromatic rings. The summed E-state index contributed by atoms with van der Waals surface area (Å²) in [5, 5.41) is 6.03. The largest absolute Gasteiger partial charge is 0.303 e. The maximum Gasteiger partial charge on any atom is 0.0257 e. The van der Waals surface area contributed by atoms with E-state index < -0.39 is 0 Å². The van der Waals surface area contributed by atoms with Crippen molar-refractivity contribution in [1.29, 1.82) is 0 Å². The minimum absolute atomic E-state index is 0.894. The van der Waals surface area contributed by atoms with E-state index in [1.165, 1.54) is 26.1 Å². The van der Waals surface area contributed by atoms with Gasteiger partial charge in [-0.05, 0) is 25.3 Å². The van der Waals surface area contributed by atoms with Crippen LogP contribution in [-0.2, 0) is 0 Å². The molecule has 3 nitrogen and oxygen atoms in total. The molecule has 76 valence electrons. The van der Waals surface area contributed by atoms with Crippen molar-refractivity contribution >= 4 is 6.21 Å². The van der Waals surface area contributed by atoms with Gasteiger partial charge in [-0.1, -0.05) is 6.92 Å². The van der Waals surface area contributed by atoms with Gasteiger partial charge in [-0.3, -0.25) is 0 Å². The van der Waals surface area contributed by atoms with E-state index in [9.17, 15) is 0 Å². The van der Waals surface area contributed by atoms with E-state index >= 15 is 0 Å². The highest BCUT2D eigenvalue weighted by Gasteiger charge is 2.16. The molecule has 0 spiro atoms. The van der Waals surface area contributed by atoms with Crippen molar-refractivity contribution in [2.45, 2.75) is 19.8 Å². The Bertz CT molecular complexity index is 166. The van der Waals surface area contributed by atoms with Gasteiger partial charge in [0.1, 0.15) is 0 Å². The zero-order valence-electron chi connectivity index (χ0n) is 9.03. The fourth-order valence-corrected chi connectivity index (χ4v) is 1.69. The van der Waals surface area contributed by atoms with Crippen molar-refractivity contribution < 1.29 is 0 Å². The van der Waals surface area contributed by atoms with Gasteiger partial charge in [0.25, 0.3) is 0 Å². The van der Waals surface area contributed by atoms with Gasteiger partial charge < -0.3 is 9.91 Å². The normalized spacial score (nSPS) is 24.4. The van der Waals surface area contributed by atoms with Crippen molar-refractivity contribution in [2.24, 2.45) is 11.0 Å². The highest BCUT2D eigenvalue weighted by molar-refractivity contribution is 5.56. The average Bonchev–Trinajstić information content (AvgIpc) is 2.45. The molecule has 0 saturated carbocycles. The quantitative estimate of drug-likeness (QED) is 0.483. The number of hydrazone groups is 1. The fourth-order valence-electron chi connectivity index (χ4n) is 1.69. The predicted molar refractivity (Wildman–Crippen MR) is 57.0 cm³/mol. The third-order valence-electron chi connectivity index (χ3n) is 2.40. The van der Waals surface area contributed by atoms with Crippen LogP contribution in [0.2, 0.25) is 0 Å². The van der Waals surface area contributed by atoms with E-state index in [1.54, 1.807) is 0 Å². The minimum Gasteiger partial charge on any atom is -0.303 e. The summed E-state index contributed by atoms with van der Waals surface area (Å²) >= 11 is 0. The Kier molecular flexibility index (Phi) is 4.22. The van der Waals surface area contributed by atoms with Crippen LogP contribution in [0.25, 0.3) is 0 Å². The Hall–Kier alpha value is -0.570. The summed E-state index contributed by atoms with van der Waals surface area (Å²) in [7, 11) is 3.91. The maximum absolute atomic E-state index is 4.19. The smallest absolute Gasteiger partial charge is 0.0257 e. The molecule has 1 heterocycles. The standard InChI is InChI=1S/C10H21N3/c1-10-5-8-13(9-10)7-4-6-11-12(2)3/h6,10H,4-5,7-9H2,1-3H3/b11-6-/t10-/m0/s1. The summed E-state index contributed by atoms with van der Waals surface area (Å²) in [6.45, 7) is 6.04. The van der Waals surface area contributed by atoms with Crippen LogP contribution in [0.3, 0.4) is 0 Å². The van der Waals surface area contributed by atoms with Gasteiger partial charge in [0.05, 0.1) is 0 Å². The maximum atomic E-state index is 4.19. The van der Waals surface area contributed by atoms with Crippen LogP contribution in [0.15, 0.2) is 5.10 Å². The zero-order valence-corrected chi connectivity index (χ0v) is 9.03. The first-order chi connectivity index (χ1) is 6.18. The van der Waals surface area contributed by atoms with Crippen LogP contribution >= 0.6 is 0 Å². The first kappa shape index (κ1) is 10.5. The molecule has 0 aliphatic carbocycles. The number of nitrogens with zero attached hydrogens (tertiary/aromatic N) is 3. The lowest BCUT2D eigenvalue weighted by atomic mass is 10.2. The van der Waals surface area contributed by atoms with E-state index in [1.807, 2.05) is 25.3 Å². The van der Waals surface area contributed by atoms with Gasteiger partial charge >= 0.3 is 0 Å². The summed E-state index contributed by atoms with van der Waals surface area (Å²) in [4.78, 5) is 2.52. The molecule has 1 aliphatic heterocycles. The molecule has 1 saturated heterocycles. The molecule has 0 bridgehead atoms. The highest BCUT2D eigenvalue weighted by atomic mass is 15.4. The fraction of sp³-hybridized carbons (Fsp3) is 0.900. The van der Waals surface area contributed by atoms with Crippen LogP contribution < -0.4 is 0 Å².